The van der Waals surface area contributed by atoms with E-state index in [0.29, 0.717) is 4.88 Å². The van der Waals surface area contributed by atoms with Gasteiger partial charge in [0.15, 0.2) is 16.0 Å². The van der Waals surface area contributed by atoms with Crippen LogP contribution in [0, 0.1) is 0 Å². The maximum atomic E-state index is 13.0. The molecule has 3 rings (SSSR count). The largest absolute Gasteiger partial charge is 0.434 e. The van der Waals surface area contributed by atoms with Gasteiger partial charge in [-0.3, -0.25) is 0 Å². The molecule has 0 saturated carbocycles. The van der Waals surface area contributed by atoms with Gasteiger partial charge < -0.3 is 9.30 Å². The van der Waals surface area contributed by atoms with Crippen molar-refractivity contribution in [3.8, 4) is 16.6 Å². The third-order valence-corrected chi connectivity index (χ3v) is 4.20. The topological polar surface area (TPSA) is 52.8 Å². The molecule has 3 heterocycles. The summed E-state index contributed by atoms with van der Waals surface area (Å²) < 4.78 is 69.1. The van der Waals surface area contributed by atoms with Crippen molar-refractivity contribution in [1.82, 2.24) is 19.5 Å². The lowest BCUT2D eigenvalue weighted by Crippen LogP contribution is -2.07. The molecule has 0 unspecified atom stereocenters. The van der Waals surface area contributed by atoms with E-state index in [2.05, 4.69) is 19.7 Å². The Kier molecular flexibility index (Phi) is 5.10. The zero-order chi connectivity index (χ0) is 18.9. The van der Waals surface area contributed by atoms with Gasteiger partial charge in [0.25, 0.3) is 0 Å². The predicted octanol–water partition coefficient (Wildman–Crippen LogP) is 4.72. The van der Waals surface area contributed by atoms with Gasteiger partial charge in [0.2, 0.25) is 5.88 Å². The molecule has 0 aliphatic rings. The Hall–Kier alpha value is -2.27. The van der Waals surface area contributed by atoms with Crippen molar-refractivity contribution >= 4 is 22.9 Å². The number of imidazole rings is 1. The molecular formula is C14H8ClF5N4OS. The number of thiazole rings is 1. The fourth-order valence-electron chi connectivity index (χ4n) is 2.10. The summed E-state index contributed by atoms with van der Waals surface area (Å²) in [5.41, 5.74) is -0.886. The highest BCUT2D eigenvalue weighted by atomic mass is 35.5. The van der Waals surface area contributed by atoms with Crippen LogP contribution < -0.4 is 4.74 Å². The van der Waals surface area contributed by atoms with E-state index in [0.717, 1.165) is 17.5 Å². The number of alkyl halides is 5. The SMILES string of the molecule is FC(F)Oc1cccc(Cn2cc(C(F)(F)F)nc2-c2cnc(Cl)s2)n1. The lowest BCUT2D eigenvalue weighted by Gasteiger charge is -2.08. The van der Waals surface area contributed by atoms with Crippen molar-refractivity contribution in [3.05, 3.63) is 46.4 Å². The van der Waals surface area contributed by atoms with E-state index in [4.69, 9.17) is 11.6 Å². The Balaban J connectivity index is 1.97. The Bertz CT molecular complexity index is 911. The number of nitrogens with zero attached hydrogens (tertiary/aromatic N) is 4. The number of halogens is 6. The summed E-state index contributed by atoms with van der Waals surface area (Å²) in [6.07, 6.45) is -2.54. The summed E-state index contributed by atoms with van der Waals surface area (Å²) in [5.74, 6) is -0.347. The normalized spacial score (nSPS) is 12.0. The van der Waals surface area contributed by atoms with Crippen molar-refractivity contribution < 1.29 is 26.7 Å². The first-order valence-electron chi connectivity index (χ1n) is 6.89. The molecule has 26 heavy (non-hydrogen) atoms. The van der Waals surface area contributed by atoms with Crippen LogP contribution >= 0.6 is 22.9 Å². The molecule has 0 aliphatic carbocycles. The average Bonchev–Trinajstić information content (AvgIpc) is 3.13. The van der Waals surface area contributed by atoms with Gasteiger partial charge in [-0.15, -0.1) is 0 Å². The molecule has 0 N–H and O–H groups in total. The summed E-state index contributed by atoms with van der Waals surface area (Å²) in [6, 6.07) is 4.09. The van der Waals surface area contributed by atoms with Gasteiger partial charge in [0, 0.05) is 12.3 Å². The van der Waals surface area contributed by atoms with Gasteiger partial charge in [-0.2, -0.15) is 22.0 Å². The minimum atomic E-state index is -4.65. The van der Waals surface area contributed by atoms with E-state index >= 15 is 0 Å². The summed E-state index contributed by atoms with van der Waals surface area (Å²) in [7, 11) is 0. The monoisotopic (exact) mass is 410 g/mol. The lowest BCUT2D eigenvalue weighted by atomic mass is 10.3. The zero-order valence-electron chi connectivity index (χ0n) is 12.5. The molecule has 5 nitrogen and oxygen atoms in total. The van der Waals surface area contributed by atoms with E-state index in [9.17, 15) is 22.0 Å². The Labute approximate surface area is 152 Å². The Morgan fingerprint density at radius 2 is 2.00 bits per heavy atom. The van der Waals surface area contributed by atoms with E-state index in [-0.39, 0.29) is 28.4 Å². The van der Waals surface area contributed by atoms with Crippen molar-refractivity contribution in [2.24, 2.45) is 0 Å². The van der Waals surface area contributed by atoms with Crippen LogP contribution in [-0.4, -0.2) is 26.1 Å². The second-order valence-electron chi connectivity index (χ2n) is 4.90. The molecular weight excluding hydrogens is 403 g/mol. The highest BCUT2D eigenvalue weighted by Crippen LogP contribution is 2.34. The number of pyridine rings is 1. The van der Waals surface area contributed by atoms with Crippen LogP contribution in [0.4, 0.5) is 22.0 Å². The first kappa shape index (κ1) is 18.5. The van der Waals surface area contributed by atoms with E-state index in [1.54, 1.807) is 0 Å². The average molecular weight is 411 g/mol. The molecule has 3 aromatic rings. The summed E-state index contributed by atoms with van der Waals surface area (Å²) in [4.78, 5) is 11.6. The number of aromatic nitrogens is 4. The lowest BCUT2D eigenvalue weighted by molar-refractivity contribution is -0.140. The third kappa shape index (κ3) is 4.28. The molecule has 0 saturated heterocycles. The van der Waals surface area contributed by atoms with Crippen LogP contribution in [0.2, 0.25) is 4.47 Å². The fraction of sp³-hybridized carbons (Fsp3) is 0.214. The first-order chi connectivity index (χ1) is 12.2. The summed E-state index contributed by atoms with van der Waals surface area (Å²) in [5, 5.41) is 0. The third-order valence-electron chi connectivity index (χ3n) is 3.09. The fourth-order valence-corrected chi connectivity index (χ4v) is 3.05. The molecule has 0 aliphatic heterocycles. The van der Waals surface area contributed by atoms with Gasteiger partial charge in [-0.05, 0) is 6.07 Å². The number of ether oxygens (including phenoxy) is 1. The van der Waals surface area contributed by atoms with Gasteiger partial charge >= 0.3 is 12.8 Å². The highest BCUT2D eigenvalue weighted by Gasteiger charge is 2.35. The Morgan fingerprint density at radius 3 is 2.62 bits per heavy atom. The Morgan fingerprint density at radius 1 is 1.23 bits per heavy atom. The molecule has 0 bridgehead atoms. The first-order valence-corrected chi connectivity index (χ1v) is 8.08. The van der Waals surface area contributed by atoms with Gasteiger partial charge in [0.05, 0.1) is 23.3 Å². The van der Waals surface area contributed by atoms with E-state index in [1.807, 2.05) is 0 Å². The minimum Gasteiger partial charge on any atom is -0.417 e. The number of hydrogen-bond donors (Lipinski definition) is 0. The molecule has 0 spiro atoms. The summed E-state index contributed by atoms with van der Waals surface area (Å²) >= 11 is 6.70. The standard InChI is InChI=1S/C14H8ClF5N4OS/c15-12-21-4-8(26-12)11-23-9(14(18,19)20)6-24(11)5-7-2-1-3-10(22-7)25-13(16)17/h1-4,6,13H,5H2. The van der Waals surface area contributed by atoms with Crippen molar-refractivity contribution in [1.29, 1.82) is 0 Å². The van der Waals surface area contributed by atoms with Gasteiger partial charge in [-0.1, -0.05) is 29.0 Å². The molecule has 0 radical (unpaired) electrons. The highest BCUT2D eigenvalue weighted by molar-refractivity contribution is 7.18. The van der Waals surface area contributed by atoms with Crippen LogP contribution in [0.3, 0.4) is 0 Å². The zero-order valence-corrected chi connectivity index (χ0v) is 14.1. The molecule has 12 heteroatoms. The number of rotatable bonds is 5. The molecule has 3 aromatic heterocycles. The maximum absolute atomic E-state index is 13.0. The molecule has 0 fully saturated rings. The summed E-state index contributed by atoms with van der Waals surface area (Å²) in [6.45, 7) is -3.20. The van der Waals surface area contributed by atoms with Crippen LogP contribution in [0.25, 0.3) is 10.7 Å². The van der Waals surface area contributed by atoms with Crippen molar-refractivity contribution in [2.45, 2.75) is 19.3 Å². The van der Waals surface area contributed by atoms with E-state index in [1.165, 1.54) is 29.0 Å². The van der Waals surface area contributed by atoms with Gasteiger partial charge in [0.1, 0.15) is 0 Å². The minimum absolute atomic E-state index is 0.0105. The van der Waals surface area contributed by atoms with Gasteiger partial charge in [-0.25, -0.2) is 15.0 Å². The maximum Gasteiger partial charge on any atom is 0.434 e. The molecule has 0 aromatic carbocycles. The van der Waals surface area contributed by atoms with Crippen LogP contribution in [0.5, 0.6) is 5.88 Å². The molecule has 0 atom stereocenters. The van der Waals surface area contributed by atoms with E-state index < -0.39 is 18.5 Å². The van der Waals surface area contributed by atoms with Crippen LogP contribution in [0.1, 0.15) is 11.4 Å². The second-order valence-corrected chi connectivity index (χ2v) is 6.51. The number of hydrogen-bond acceptors (Lipinski definition) is 5. The van der Waals surface area contributed by atoms with Crippen molar-refractivity contribution in [3.63, 3.8) is 0 Å². The quantitative estimate of drug-likeness (QED) is 0.571. The molecule has 138 valence electrons. The molecule has 0 amide bonds. The van der Waals surface area contributed by atoms with Crippen molar-refractivity contribution in [2.75, 3.05) is 0 Å². The predicted molar refractivity (Wildman–Crippen MR) is 83.3 cm³/mol. The van der Waals surface area contributed by atoms with Crippen LogP contribution in [0.15, 0.2) is 30.6 Å². The van der Waals surface area contributed by atoms with Crippen LogP contribution in [-0.2, 0) is 12.7 Å². The second kappa shape index (κ2) is 7.16. The smallest absolute Gasteiger partial charge is 0.417 e.